The van der Waals surface area contributed by atoms with E-state index in [1.165, 1.54) is 0 Å². The number of anilines is 3. The molecule has 2 aliphatic rings. The summed E-state index contributed by atoms with van der Waals surface area (Å²) in [6.07, 6.45) is 4.67. The lowest BCUT2D eigenvalue weighted by molar-refractivity contribution is -0.123. The summed E-state index contributed by atoms with van der Waals surface area (Å²) < 4.78 is 5.19. The number of nitrogens with zero attached hydrogens (tertiary/aromatic N) is 2. The van der Waals surface area contributed by atoms with Crippen LogP contribution in [0.2, 0.25) is 0 Å². The molecule has 0 saturated carbocycles. The summed E-state index contributed by atoms with van der Waals surface area (Å²) in [5.74, 6) is -1.75. The van der Waals surface area contributed by atoms with Crippen LogP contribution in [0.25, 0.3) is 0 Å². The highest BCUT2D eigenvalue weighted by Crippen LogP contribution is 2.31. The summed E-state index contributed by atoms with van der Waals surface area (Å²) in [5, 5.41) is 5.40. The third-order valence-corrected chi connectivity index (χ3v) is 6.45. The average Bonchev–Trinajstić information content (AvgIpc) is 2.84. The maximum Gasteiger partial charge on any atom is 0.338 e. The molecule has 0 spiro atoms. The molecule has 2 atom stereocenters. The van der Waals surface area contributed by atoms with Crippen molar-refractivity contribution in [2.24, 2.45) is 0 Å². The highest BCUT2D eigenvalue weighted by Gasteiger charge is 2.35. The second-order valence-corrected chi connectivity index (χ2v) is 9.05. The Morgan fingerprint density at radius 1 is 1.20 bits per heavy atom. The molecule has 10 heteroatoms. The zero-order valence-corrected chi connectivity index (χ0v) is 20.1. The lowest BCUT2D eigenvalue weighted by Gasteiger charge is -2.34. The number of unbranched alkanes of at least 4 members (excludes halogenated alkanes) is 1. The van der Waals surface area contributed by atoms with Gasteiger partial charge < -0.3 is 20.3 Å². The molecule has 0 bridgehead atoms. The molecular formula is C25H31N5O5. The van der Waals surface area contributed by atoms with Gasteiger partial charge >= 0.3 is 5.97 Å². The Kier molecular flexibility index (Phi) is 7.48. The number of carbonyl (C=O) groups excluding carboxylic acids is 3. The van der Waals surface area contributed by atoms with Gasteiger partial charge in [0.2, 0.25) is 17.8 Å². The SMILES string of the molecule is CCCCOC(=O)c1ccc(NC(=O)C2CC(=O)Nc3nc(N4CCCCC4C)[nH]c(=O)c32)cc1. The number of esters is 1. The number of amides is 2. The van der Waals surface area contributed by atoms with E-state index in [1.54, 1.807) is 24.3 Å². The highest BCUT2D eigenvalue weighted by molar-refractivity contribution is 6.04. The van der Waals surface area contributed by atoms with E-state index in [0.717, 1.165) is 38.6 Å². The Morgan fingerprint density at radius 3 is 2.69 bits per heavy atom. The molecule has 0 aliphatic carbocycles. The first-order valence-corrected chi connectivity index (χ1v) is 12.2. The van der Waals surface area contributed by atoms with E-state index < -0.39 is 23.4 Å². The molecule has 10 nitrogen and oxygen atoms in total. The summed E-state index contributed by atoms with van der Waals surface area (Å²) in [5.41, 5.74) is 0.525. The second kappa shape index (κ2) is 10.7. The van der Waals surface area contributed by atoms with Crippen molar-refractivity contribution in [2.45, 2.75) is 64.3 Å². The molecule has 1 saturated heterocycles. The zero-order chi connectivity index (χ0) is 24.9. The smallest absolute Gasteiger partial charge is 0.338 e. The van der Waals surface area contributed by atoms with Crippen LogP contribution in [0.1, 0.15) is 74.2 Å². The first-order valence-electron chi connectivity index (χ1n) is 12.2. The van der Waals surface area contributed by atoms with E-state index >= 15 is 0 Å². The first kappa shape index (κ1) is 24.4. The van der Waals surface area contributed by atoms with Crippen molar-refractivity contribution < 1.29 is 19.1 Å². The van der Waals surface area contributed by atoms with Crippen LogP contribution < -0.4 is 21.1 Å². The number of nitrogens with one attached hydrogen (secondary N) is 3. The monoisotopic (exact) mass is 481 g/mol. The number of H-pyrrole nitrogens is 1. The second-order valence-electron chi connectivity index (χ2n) is 9.05. The minimum Gasteiger partial charge on any atom is -0.462 e. The van der Waals surface area contributed by atoms with E-state index in [-0.39, 0.29) is 29.8 Å². The molecule has 3 heterocycles. The molecule has 2 amide bonds. The number of piperidine rings is 1. The summed E-state index contributed by atoms with van der Waals surface area (Å²) in [6.45, 7) is 5.21. The van der Waals surface area contributed by atoms with Crippen LogP contribution >= 0.6 is 0 Å². The summed E-state index contributed by atoms with van der Waals surface area (Å²) in [7, 11) is 0. The van der Waals surface area contributed by atoms with Crippen molar-refractivity contribution in [1.29, 1.82) is 0 Å². The molecule has 2 aromatic rings. The van der Waals surface area contributed by atoms with Crippen molar-refractivity contribution in [2.75, 3.05) is 28.7 Å². The van der Waals surface area contributed by atoms with Crippen molar-refractivity contribution >= 4 is 35.2 Å². The third kappa shape index (κ3) is 5.52. The lowest BCUT2D eigenvalue weighted by atomic mass is 9.92. The number of fused-ring (bicyclic) bond motifs is 1. The van der Waals surface area contributed by atoms with Crippen LogP contribution in [0.3, 0.4) is 0 Å². The van der Waals surface area contributed by atoms with Gasteiger partial charge in [-0.25, -0.2) is 4.79 Å². The van der Waals surface area contributed by atoms with Gasteiger partial charge in [0, 0.05) is 24.7 Å². The maximum atomic E-state index is 13.1. The highest BCUT2D eigenvalue weighted by atomic mass is 16.5. The molecule has 3 N–H and O–H groups in total. The van der Waals surface area contributed by atoms with Crippen LogP contribution in [-0.4, -0.2) is 46.9 Å². The quantitative estimate of drug-likeness (QED) is 0.408. The number of hydrogen-bond acceptors (Lipinski definition) is 7. The summed E-state index contributed by atoms with van der Waals surface area (Å²) in [6, 6.07) is 6.51. The number of ether oxygens (including phenoxy) is 1. The third-order valence-electron chi connectivity index (χ3n) is 6.45. The molecule has 0 radical (unpaired) electrons. The summed E-state index contributed by atoms with van der Waals surface area (Å²) >= 11 is 0. The molecule has 2 unspecified atom stereocenters. The predicted octanol–water partition coefficient (Wildman–Crippen LogP) is 3.17. The zero-order valence-electron chi connectivity index (χ0n) is 20.1. The Morgan fingerprint density at radius 2 is 1.97 bits per heavy atom. The number of aromatic amines is 1. The number of carbonyl (C=O) groups is 3. The van der Waals surface area contributed by atoms with E-state index in [1.807, 2.05) is 11.8 Å². The first-order chi connectivity index (χ1) is 16.9. The topological polar surface area (TPSA) is 133 Å². The molecule has 1 aromatic heterocycles. The van der Waals surface area contributed by atoms with Crippen LogP contribution in [0, 0.1) is 0 Å². The van der Waals surface area contributed by atoms with Crippen LogP contribution in [-0.2, 0) is 14.3 Å². The maximum absolute atomic E-state index is 13.1. The van der Waals surface area contributed by atoms with Gasteiger partial charge in [-0.1, -0.05) is 13.3 Å². The predicted molar refractivity (Wildman–Crippen MR) is 132 cm³/mol. The fourth-order valence-electron chi connectivity index (χ4n) is 4.44. The fourth-order valence-corrected chi connectivity index (χ4v) is 4.44. The molecule has 1 aromatic carbocycles. The van der Waals surface area contributed by atoms with Gasteiger partial charge in [-0.2, -0.15) is 4.98 Å². The fraction of sp³-hybridized carbons (Fsp3) is 0.480. The Bertz CT molecular complexity index is 1160. The van der Waals surface area contributed by atoms with Gasteiger partial charge in [0.05, 0.1) is 23.7 Å². The number of benzene rings is 1. The minimum absolute atomic E-state index is 0.128. The van der Waals surface area contributed by atoms with Crippen molar-refractivity contribution in [3.63, 3.8) is 0 Å². The molecule has 186 valence electrons. The van der Waals surface area contributed by atoms with Gasteiger partial charge in [-0.3, -0.25) is 19.4 Å². The van der Waals surface area contributed by atoms with E-state index in [0.29, 0.717) is 23.8 Å². The number of hydrogen-bond donors (Lipinski definition) is 3. The van der Waals surface area contributed by atoms with Crippen molar-refractivity contribution in [1.82, 2.24) is 9.97 Å². The average molecular weight is 482 g/mol. The normalized spacial score (nSPS) is 19.5. The Hall–Kier alpha value is -3.69. The van der Waals surface area contributed by atoms with Gasteiger partial charge in [-0.15, -0.1) is 0 Å². The van der Waals surface area contributed by atoms with Crippen LogP contribution in [0.4, 0.5) is 17.5 Å². The number of rotatable bonds is 7. The molecule has 2 aliphatic heterocycles. The number of aromatic nitrogens is 2. The van der Waals surface area contributed by atoms with Crippen molar-refractivity contribution in [3.8, 4) is 0 Å². The van der Waals surface area contributed by atoms with Crippen molar-refractivity contribution in [3.05, 3.63) is 45.7 Å². The minimum atomic E-state index is -0.985. The Labute approximate surface area is 203 Å². The summed E-state index contributed by atoms with van der Waals surface area (Å²) in [4.78, 5) is 59.9. The molecule has 1 fully saturated rings. The van der Waals surface area contributed by atoms with Gasteiger partial charge in [-0.05, 0) is 56.9 Å². The van der Waals surface area contributed by atoms with Gasteiger partial charge in [0.15, 0.2) is 0 Å². The standard InChI is InChI=1S/C25H31N5O5/c1-3-4-13-35-24(34)16-8-10-17(11-9-16)26-22(32)18-14-19(31)27-21-20(18)23(33)29-25(28-21)30-12-6-5-7-15(30)2/h8-11,15,18H,3-7,12-14H2,1-2H3,(H,26,32)(H2,27,28,29,31,33). The lowest BCUT2D eigenvalue weighted by Crippen LogP contribution is -2.41. The van der Waals surface area contributed by atoms with E-state index in [9.17, 15) is 19.2 Å². The molecule has 35 heavy (non-hydrogen) atoms. The van der Waals surface area contributed by atoms with E-state index in [4.69, 9.17) is 4.74 Å². The van der Waals surface area contributed by atoms with E-state index in [2.05, 4.69) is 27.5 Å². The Balaban J connectivity index is 1.51. The van der Waals surface area contributed by atoms with Crippen LogP contribution in [0.15, 0.2) is 29.1 Å². The molecule has 4 rings (SSSR count). The molecular weight excluding hydrogens is 450 g/mol. The van der Waals surface area contributed by atoms with Gasteiger partial charge in [0.25, 0.3) is 5.56 Å². The largest absolute Gasteiger partial charge is 0.462 e. The van der Waals surface area contributed by atoms with Gasteiger partial charge in [0.1, 0.15) is 5.82 Å². The van der Waals surface area contributed by atoms with Crippen LogP contribution in [0.5, 0.6) is 0 Å².